The Balaban J connectivity index is 1.78. The second kappa shape index (κ2) is 6.32. The van der Waals surface area contributed by atoms with Gasteiger partial charge in [0.25, 0.3) is 5.91 Å². The first-order chi connectivity index (χ1) is 11.3. The van der Waals surface area contributed by atoms with Crippen molar-refractivity contribution in [2.75, 3.05) is 0 Å². The number of hydrogen-bond donors (Lipinski definition) is 2. The minimum absolute atomic E-state index is 0.0662. The summed E-state index contributed by atoms with van der Waals surface area (Å²) in [7, 11) is -3.72. The molecule has 0 fully saturated rings. The van der Waals surface area contributed by atoms with Gasteiger partial charge in [0.05, 0.1) is 6.54 Å². The summed E-state index contributed by atoms with van der Waals surface area (Å²) in [6.07, 6.45) is 0. The summed E-state index contributed by atoms with van der Waals surface area (Å²) in [5, 5.41) is 8.66. The number of thiophene rings is 1. The molecule has 0 aliphatic heterocycles. The monoisotopic (exact) mass is 428 g/mol. The fraction of sp³-hybridized carbons (Fsp3) is 0.133. The van der Waals surface area contributed by atoms with Crippen molar-refractivity contribution in [1.29, 1.82) is 0 Å². The van der Waals surface area contributed by atoms with Crippen molar-refractivity contribution in [2.45, 2.75) is 17.7 Å². The van der Waals surface area contributed by atoms with Crippen molar-refractivity contribution >= 4 is 54.2 Å². The van der Waals surface area contributed by atoms with Crippen LogP contribution in [0, 0.1) is 6.92 Å². The van der Waals surface area contributed by atoms with Gasteiger partial charge in [-0.15, -0.1) is 11.3 Å². The minimum Gasteiger partial charge on any atom is -0.451 e. The lowest BCUT2D eigenvalue weighted by Gasteiger charge is -2.01. The third kappa shape index (κ3) is 3.39. The van der Waals surface area contributed by atoms with Crippen LogP contribution in [0.15, 0.2) is 43.4 Å². The molecule has 6 nitrogen and oxygen atoms in total. The molecule has 126 valence electrons. The quantitative estimate of drug-likeness (QED) is 0.665. The van der Waals surface area contributed by atoms with Gasteiger partial charge in [-0.2, -0.15) is 0 Å². The number of hydrogen-bond acceptors (Lipinski definition) is 5. The third-order valence-electron chi connectivity index (χ3n) is 3.45. The van der Waals surface area contributed by atoms with Crippen LogP contribution in [0.25, 0.3) is 11.0 Å². The van der Waals surface area contributed by atoms with Crippen LogP contribution in [0.3, 0.4) is 0 Å². The lowest BCUT2D eigenvalue weighted by Crippen LogP contribution is -2.22. The second-order valence-corrected chi connectivity index (χ2v) is 9.02. The molecule has 2 heterocycles. The number of carbonyl (C=O) groups excluding carboxylic acids is 1. The summed E-state index contributed by atoms with van der Waals surface area (Å²) in [5.41, 5.74) is 1.38. The maximum Gasteiger partial charge on any atom is 0.287 e. The standard InChI is InChI=1S/C15H13BrN2O4S2/c1-8-11-6-9(16)2-4-12(11)22-14(8)15(19)18-7-10-3-5-13(23-10)24(17,20)21/h2-6H,7H2,1H3,(H,18,19)(H2,17,20,21). The molecule has 3 aromatic rings. The number of carbonyl (C=O) groups is 1. The van der Waals surface area contributed by atoms with Crippen molar-refractivity contribution in [3.63, 3.8) is 0 Å². The van der Waals surface area contributed by atoms with Gasteiger partial charge in [0, 0.05) is 20.3 Å². The van der Waals surface area contributed by atoms with Gasteiger partial charge in [-0.3, -0.25) is 4.79 Å². The first-order valence-corrected chi connectivity index (χ1v) is 9.99. The van der Waals surface area contributed by atoms with E-state index in [-0.39, 0.29) is 22.4 Å². The number of halogens is 1. The molecule has 0 aliphatic rings. The summed E-state index contributed by atoms with van der Waals surface area (Å²) in [6, 6.07) is 8.57. The lowest BCUT2D eigenvalue weighted by molar-refractivity contribution is 0.0925. The Morgan fingerprint density at radius 2 is 2.08 bits per heavy atom. The van der Waals surface area contributed by atoms with E-state index >= 15 is 0 Å². The predicted molar refractivity (Wildman–Crippen MR) is 95.5 cm³/mol. The summed E-state index contributed by atoms with van der Waals surface area (Å²) in [6.45, 7) is 2.01. The Bertz CT molecular complexity index is 1040. The number of furan rings is 1. The second-order valence-electron chi connectivity index (χ2n) is 5.15. The van der Waals surface area contributed by atoms with Crippen LogP contribution in [0.1, 0.15) is 21.0 Å². The number of sulfonamides is 1. The van der Waals surface area contributed by atoms with Gasteiger partial charge in [-0.1, -0.05) is 15.9 Å². The number of amides is 1. The van der Waals surface area contributed by atoms with E-state index in [0.29, 0.717) is 10.5 Å². The molecular weight excluding hydrogens is 416 g/mol. The van der Waals surface area contributed by atoms with E-state index in [1.807, 2.05) is 19.1 Å². The lowest BCUT2D eigenvalue weighted by atomic mass is 10.1. The van der Waals surface area contributed by atoms with Crippen LogP contribution in [-0.2, 0) is 16.6 Å². The van der Waals surface area contributed by atoms with Crippen LogP contribution in [0.2, 0.25) is 0 Å². The van der Waals surface area contributed by atoms with Crippen molar-refractivity contribution < 1.29 is 17.6 Å². The molecule has 1 amide bonds. The molecule has 0 saturated carbocycles. The van der Waals surface area contributed by atoms with Gasteiger partial charge in [0.15, 0.2) is 5.76 Å². The molecule has 0 saturated heterocycles. The molecular formula is C15H13BrN2O4S2. The smallest absolute Gasteiger partial charge is 0.287 e. The Morgan fingerprint density at radius 3 is 2.75 bits per heavy atom. The normalized spacial score (nSPS) is 11.8. The molecule has 24 heavy (non-hydrogen) atoms. The van der Waals surface area contributed by atoms with E-state index in [0.717, 1.165) is 26.8 Å². The van der Waals surface area contributed by atoms with E-state index in [1.54, 1.807) is 12.1 Å². The summed E-state index contributed by atoms with van der Waals surface area (Å²) in [4.78, 5) is 13.0. The van der Waals surface area contributed by atoms with Crippen LogP contribution in [0.5, 0.6) is 0 Å². The minimum atomic E-state index is -3.72. The molecule has 0 bridgehead atoms. The van der Waals surface area contributed by atoms with E-state index in [2.05, 4.69) is 21.2 Å². The van der Waals surface area contributed by atoms with E-state index < -0.39 is 10.0 Å². The SMILES string of the molecule is Cc1c(C(=O)NCc2ccc(S(N)(=O)=O)s2)oc2ccc(Br)cc12. The van der Waals surface area contributed by atoms with Crippen LogP contribution < -0.4 is 10.5 Å². The summed E-state index contributed by atoms with van der Waals surface area (Å²) in [5.74, 6) is -0.114. The fourth-order valence-electron chi connectivity index (χ4n) is 2.26. The molecule has 0 spiro atoms. The Hall–Kier alpha value is -1.68. The average molecular weight is 429 g/mol. The van der Waals surface area contributed by atoms with Crippen LogP contribution in [0.4, 0.5) is 0 Å². The average Bonchev–Trinajstić information content (AvgIpc) is 3.10. The van der Waals surface area contributed by atoms with Gasteiger partial charge in [0.2, 0.25) is 10.0 Å². The van der Waals surface area contributed by atoms with Crippen molar-refractivity contribution in [3.8, 4) is 0 Å². The highest BCUT2D eigenvalue weighted by Gasteiger charge is 2.18. The van der Waals surface area contributed by atoms with Gasteiger partial charge in [0.1, 0.15) is 9.79 Å². The highest BCUT2D eigenvalue weighted by atomic mass is 79.9. The fourth-order valence-corrected chi connectivity index (χ4v) is 4.34. The number of rotatable bonds is 4. The summed E-state index contributed by atoms with van der Waals surface area (Å²) < 4.78 is 29.1. The van der Waals surface area contributed by atoms with Crippen molar-refractivity contribution in [1.82, 2.24) is 5.32 Å². The number of nitrogens with two attached hydrogens (primary N) is 1. The van der Waals surface area contributed by atoms with Crippen LogP contribution in [-0.4, -0.2) is 14.3 Å². The zero-order valence-corrected chi connectivity index (χ0v) is 15.7. The van der Waals surface area contributed by atoms with Crippen molar-refractivity contribution in [2.24, 2.45) is 5.14 Å². The highest BCUT2D eigenvalue weighted by Crippen LogP contribution is 2.28. The maximum atomic E-state index is 12.3. The molecule has 0 aliphatic carbocycles. The molecule has 3 rings (SSSR count). The zero-order valence-electron chi connectivity index (χ0n) is 12.5. The zero-order chi connectivity index (χ0) is 17.5. The van der Waals surface area contributed by atoms with Crippen molar-refractivity contribution in [3.05, 3.63) is 51.0 Å². The Kier molecular flexibility index (Phi) is 4.52. The first kappa shape index (κ1) is 17.2. The number of fused-ring (bicyclic) bond motifs is 1. The Labute approximate surface area is 150 Å². The number of aryl methyl sites for hydroxylation is 1. The number of primary sulfonamides is 1. The van der Waals surface area contributed by atoms with E-state index in [9.17, 15) is 13.2 Å². The molecule has 1 aromatic carbocycles. The molecule has 0 atom stereocenters. The largest absolute Gasteiger partial charge is 0.451 e. The Morgan fingerprint density at radius 1 is 1.33 bits per heavy atom. The maximum absolute atomic E-state index is 12.3. The molecule has 2 aromatic heterocycles. The van der Waals surface area contributed by atoms with Gasteiger partial charge in [-0.25, -0.2) is 13.6 Å². The summed E-state index contributed by atoms with van der Waals surface area (Å²) >= 11 is 4.42. The number of nitrogens with one attached hydrogen (secondary N) is 1. The molecule has 3 N–H and O–H groups in total. The number of benzene rings is 1. The third-order valence-corrected chi connectivity index (χ3v) is 6.46. The van der Waals surface area contributed by atoms with Gasteiger partial charge < -0.3 is 9.73 Å². The topological polar surface area (TPSA) is 102 Å². The predicted octanol–water partition coefficient (Wildman–Crippen LogP) is 3.14. The van der Waals surface area contributed by atoms with E-state index in [4.69, 9.17) is 9.56 Å². The van der Waals surface area contributed by atoms with Crippen LogP contribution >= 0.6 is 27.3 Å². The van der Waals surface area contributed by atoms with E-state index in [1.165, 1.54) is 6.07 Å². The van der Waals surface area contributed by atoms with Gasteiger partial charge in [-0.05, 0) is 37.3 Å². The van der Waals surface area contributed by atoms with Gasteiger partial charge >= 0.3 is 0 Å². The molecule has 9 heteroatoms. The molecule has 0 radical (unpaired) electrons. The highest BCUT2D eigenvalue weighted by molar-refractivity contribution is 9.10. The first-order valence-electron chi connectivity index (χ1n) is 6.84. The molecule has 0 unspecified atom stereocenters.